The highest BCUT2D eigenvalue weighted by molar-refractivity contribution is 6.42. The Labute approximate surface area is 184 Å². The lowest BCUT2D eigenvalue weighted by Crippen LogP contribution is -2.20. The Hall–Kier alpha value is -2.40. The van der Waals surface area contributed by atoms with Crippen molar-refractivity contribution >= 4 is 52.1 Å². The Morgan fingerprint density at radius 1 is 0.897 bits per heavy atom. The zero-order valence-electron chi connectivity index (χ0n) is 15.6. The maximum Gasteiger partial charge on any atom is 0.262 e. The van der Waals surface area contributed by atoms with E-state index < -0.39 is 0 Å². The first-order chi connectivity index (χ1) is 13.9. The van der Waals surface area contributed by atoms with Crippen LogP contribution in [0.2, 0.25) is 15.1 Å². The quantitative estimate of drug-likeness (QED) is 0.428. The van der Waals surface area contributed by atoms with Crippen LogP contribution in [0, 0.1) is 6.92 Å². The molecule has 3 rings (SSSR count). The molecule has 0 bridgehead atoms. The molecule has 0 saturated carbocycles. The summed E-state index contributed by atoms with van der Waals surface area (Å²) in [6, 6.07) is 18.1. The van der Waals surface area contributed by atoms with E-state index in [0.29, 0.717) is 27.4 Å². The molecule has 3 aromatic rings. The van der Waals surface area contributed by atoms with Gasteiger partial charge >= 0.3 is 0 Å². The molecule has 7 heteroatoms. The average Bonchev–Trinajstić information content (AvgIpc) is 2.70. The van der Waals surface area contributed by atoms with Crippen LogP contribution in [0.4, 0.5) is 11.4 Å². The molecule has 1 amide bonds. The number of carbonyl (C=O) groups is 1. The Morgan fingerprint density at radius 2 is 1.62 bits per heavy atom. The van der Waals surface area contributed by atoms with Crippen LogP contribution in [0.25, 0.3) is 0 Å². The summed E-state index contributed by atoms with van der Waals surface area (Å²) in [6.45, 7) is 2.31. The van der Waals surface area contributed by atoms with Gasteiger partial charge in [0, 0.05) is 28.5 Å². The maximum atomic E-state index is 12.2. The minimum atomic E-state index is -0.243. The summed E-state index contributed by atoms with van der Waals surface area (Å²) in [5.41, 5.74) is 3.47. The number of ether oxygens (including phenoxy) is 1. The van der Waals surface area contributed by atoms with E-state index in [1.54, 1.807) is 30.3 Å². The molecule has 29 heavy (non-hydrogen) atoms. The lowest BCUT2D eigenvalue weighted by Gasteiger charge is -2.14. The summed E-state index contributed by atoms with van der Waals surface area (Å²) >= 11 is 18.1. The molecule has 2 N–H and O–H groups in total. The van der Waals surface area contributed by atoms with Crippen LogP contribution in [0.3, 0.4) is 0 Å². The van der Waals surface area contributed by atoms with Crippen molar-refractivity contribution in [2.24, 2.45) is 0 Å². The van der Waals surface area contributed by atoms with Crippen LogP contribution in [-0.2, 0) is 11.3 Å². The zero-order chi connectivity index (χ0) is 20.8. The third-order valence-corrected chi connectivity index (χ3v) is 5.09. The molecule has 3 aromatic carbocycles. The Morgan fingerprint density at radius 3 is 2.34 bits per heavy atom. The van der Waals surface area contributed by atoms with Gasteiger partial charge in [-0.15, -0.1) is 0 Å². The predicted molar refractivity (Wildman–Crippen MR) is 121 cm³/mol. The molecule has 0 atom stereocenters. The van der Waals surface area contributed by atoms with Gasteiger partial charge < -0.3 is 15.4 Å². The second kappa shape index (κ2) is 9.88. The first-order valence-corrected chi connectivity index (χ1v) is 10.0. The molecular formula is C22H19Cl3N2O2. The van der Waals surface area contributed by atoms with E-state index in [1.165, 1.54) is 0 Å². The standard InChI is InChI=1S/C22H19Cl3N2O2/c1-14-2-5-17(6-3-14)27-22(28)13-29-21-9-4-16(23)10-15(21)12-26-18-7-8-19(24)20(25)11-18/h2-11,26H,12-13H2,1H3,(H,27,28). The predicted octanol–water partition coefficient (Wildman–Crippen LogP) is 6.58. The fourth-order valence-corrected chi connectivity index (χ4v) is 3.10. The number of rotatable bonds is 7. The summed E-state index contributed by atoms with van der Waals surface area (Å²) < 4.78 is 5.72. The number of benzene rings is 3. The number of nitrogens with one attached hydrogen (secondary N) is 2. The number of hydrogen-bond acceptors (Lipinski definition) is 3. The smallest absolute Gasteiger partial charge is 0.262 e. The monoisotopic (exact) mass is 448 g/mol. The van der Waals surface area contributed by atoms with E-state index in [2.05, 4.69) is 10.6 Å². The van der Waals surface area contributed by atoms with Gasteiger partial charge in [-0.25, -0.2) is 0 Å². The van der Waals surface area contributed by atoms with Crippen LogP contribution >= 0.6 is 34.8 Å². The molecule has 0 aromatic heterocycles. The summed E-state index contributed by atoms with van der Waals surface area (Å²) in [6.07, 6.45) is 0. The molecule has 0 spiro atoms. The fraction of sp³-hybridized carbons (Fsp3) is 0.136. The van der Waals surface area contributed by atoms with Gasteiger partial charge in [0.05, 0.1) is 10.0 Å². The van der Waals surface area contributed by atoms with E-state index in [0.717, 1.165) is 22.5 Å². The second-order valence-electron chi connectivity index (χ2n) is 6.44. The minimum absolute atomic E-state index is 0.116. The van der Waals surface area contributed by atoms with Crippen LogP contribution in [0.5, 0.6) is 5.75 Å². The highest BCUT2D eigenvalue weighted by Gasteiger charge is 2.09. The van der Waals surface area contributed by atoms with E-state index in [9.17, 15) is 4.79 Å². The normalized spacial score (nSPS) is 10.5. The molecule has 4 nitrogen and oxygen atoms in total. The molecule has 0 fully saturated rings. The van der Waals surface area contributed by atoms with E-state index in [4.69, 9.17) is 39.5 Å². The lowest BCUT2D eigenvalue weighted by molar-refractivity contribution is -0.118. The number of hydrogen-bond donors (Lipinski definition) is 2. The lowest BCUT2D eigenvalue weighted by atomic mass is 10.2. The first-order valence-electron chi connectivity index (χ1n) is 8.87. The number of carbonyl (C=O) groups excluding carboxylic acids is 1. The molecule has 0 aliphatic heterocycles. The molecule has 0 aliphatic carbocycles. The molecule has 0 radical (unpaired) electrons. The minimum Gasteiger partial charge on any atom is -0.483 e. The van der Waals surface area contributed by atoms with Gasteiger partial charge in [0.1, 0.15) is 5.75 Å². The number of amides is 1. The van der Waals surface area contributed by atoms with Crippen LogP contribution in [0.15, 0.2) is 60.7 Å². The summed E-state index contributed by atoms with van der Waals surface area (Å²) in [7, 11) is 0. The molecule has 150 valence electrons. The molecule has 0 unspecified atom stereocenters. The van der Waals surface area contributed by atoms with Gasteiger partial charge in [0.15, 0.2) is 6.61 Å². The topological polar surface area (TPSA) is 50.4 Å². The highest BCUT2D eigenvalue weighted by Crippen LogP contribution is 2.27. The van der Waals surface area contributed by atoms with Crippen molar-refractivity contribution < 1.29 is 9.53 Å². The van der Waals surface area contributed by atoms with Gasteiger partial charge in [-0.1, -0.05) is 52.5 Å². The first kappa shape index (κ1) is 21.3. The van der Waals surface area contributed by atoms with Crippen molar-refractivity contribution in [2.45, 2.75) is 13.5 Å². The molecule has 0 aliphatic rings. The van der Waals surface area contributed by atoms with E-state index in [-0.39, 0.29) is 12.5 Å². The third kappa shape index (κ3) is 6.29. The van der Waals surface area contributed by atoms with Gasteiger partial charge in [-0.05, 0) is 55.5 Å². The number of aryl methyl sites for hydroxylation is 1. The highest BCUT2D eigenvalue weighted by atomic mass is 35.5. The fourth-order valence-electron chi connectivity index (χ4n) is 2.61. The SMILES string of the molecule is Cc1ccc(NC(=O)COc2ccc(Cl)cc2CNc2ccc(Cl)c(Cl)c2)cc1. The molecular weight excluding hydrogens is 431 g/mol. The van der Waals surface area contributed by atoms with Crippen molar-refractivity contribution in [3.8, 4) is 5.75 Å². The van der Waals surface area contributed by atoms with E-state index >= 15 is 0 Å². The largest absolute Gasteiger partial charge is 0.483 e. The molecule has 0 saturated heterocycles. The second-order valence-corrected chi connectivity index (χ2v) is 7.69. The summed E-state index contributed by atoms with van der Waals surface area (Å²) in [4.78, 5) is 12.2. The van der Waals surface area contributed by atoms with Crippen molar-refractivity contribution in [3.63, 3.8) is 0 Å². The Bertz CT molecular complexity index is 1010. The number of halogens is 3. The van der Waals surface area contributed by atoms with Crippen molar-refractivity contribution in [2.75, 3.05) is 17.2 Å². The summed E-state index contributed by atoms with van der Waals surface area (Å²) in [5.74, 6) is 0.327. The van der Waals surface area contributed by atoms with Crippen molar-refractivity contribution in [1.29, 1.82) is 0 Å². The summed E-state index contributed by atoms with van der Waals surface area (Å²) in [5, 5.41) is 7.58. The van der Waals surface area contributed by atoms with Gasteiger partial charge in [-0.2, -0.15) is 0 Å². The molecule has 0 heterocycles. The van der Waals surface area contributed by atoms with Crippen LogP contribution < -0.4 is 15.4 Å². The third-order valence-electron chi connectivity index (χ3n) is 4.12. The van der Waals surface area contributed by atoms with Gasteiger partial charge in [0.2, 0.25) is 0 Å². The Kier molecular flexibility index (Phi) is 7.26. The maximum absolute atomic E-state index is 12.2. The Balaban J connectivity index is 1.62. The van der Waals surface area contributed by atoms with Crippen molar-refractivity contribution in [3.05, 3.63) is 86.9 Å². The zero-order valence-corrected chi connectivity index (χ0v) is 17.9. The average molecular weight is 450 g/mol. The van der Waals surface area contributed by atoms with Crippen LogP contribution in [0.1, 0.15) is 11.1 Å². The van der Waals surface area contributed by atoms with E-state index in [1.807, 2.05) is 37.3 Å². The number of anilines is 2. The van der Waals surface area contributed by atoms with Gasteiger partial charge in [0.25, 0.3) is 5.91 Å². The van der Waals surface area contributed by atoms with Crippen LogP contribution in [-0.4, -0.2) is 12.5 Å². The van der Waals surface area contributed by atoms with Crippen molar-refractivity contribution in [1.82, 2.24) is 0 Å². The van der Waals surface area contributed by atoms with Gasteiger partial charge in [-0.3, -0.25) is 4.79 Å².